The average molecular weight is 486 g/mol. The molecule has 0 spiro atoms. The molecule has 188 valence electrons. The average Bonchev–Trinajstić information content (AvgIpc) is 2.91. The first kappa shape index (κ1) is 24.5. The molecule has 1 saturated heterocycles. The SMILES string of the molecule is Cn1c(=O)cc(C#CC2(O)CCCCC2)c2cnc(N3CCC(NCCc4ccccc4)CC3)nc21. The van der Waals surface area contributed by atoms with Gasteiger partial charge in [-0.15, -0.1) is 0 Å². The van der Waals surface area contributed by atoms with Crippen LogP contribution in [0.15, 0.2) is 47.4 Å². The maximum Gasteiger partial charge on any atom is 0.253 e. The lowest BCUT2D eigenvalue weighted by Crippen LogP contribution is -2.43. The predicted molar refractivity (Wildman–Crippen MR) is 143 cm³/mol. The fourth-order valence-electron chi connectivity index (χ4n) is 5.26. The highest BCUT2D eigenvalue weighted by Crippen LogP contribution is 2.27. The summed E-state index contributed by atoms with van der Waals surface area (Å²) in [5.74, 6) is 6.78. The Hall–Kier alpha value is -3.21. The number of nitrogens with zero attached hydrogens (tertiary/aromatic N) is 4. The summed E-state index contributed by atoms with van der Waals surface area (Å²) in [4.78, 5) is 24.3. The summed E-state index contributed by atoms with van der Waals surface area (Å²) in [6, 6.07) is 12.6. The van der Waals surface area contributed by atoms with Gasteiger partial charge in [0, 0.05) is 44.0 Å². The third-order valence-corrected chi connectivity index (χ3v) is 7.54. The van der Waals surface area contributed by atoms with Gasteiger partial charge in [0.25, 0.3) is 5.56 Å². The standard InChI is InChI=1S/C29H35N5O2/c1-33-26(35)20-23(10-16-29(36)14-6-3-7-15-29)25-21-31-28(32-27(25)33)34-18-12-24(13-19-34)30-17-11-22-8-4-2-5-9-22/h2,4-5,8-9,20-21,24,30,36H,3,6-7,11-15,17-19H2,1H3. The van der Waals surface area contributed by atoms with Crippen molar-refractivity contribution in [3.63, 3.8) is 0 Å². The van der Waals surface area contributed by atoms with E-state index in [0.717, 1.165) is 63.5 Å². The molecule has 3 heterocycles. The van der Waals surface area contributed by atoms with Gasteiger partial charge in [-0.3, -0.25) is 9.36 Å². The van der Waals surface area contributed by atoms with E-state index in [0.29, 0.717) is 36.0 Å². The number of fused-ring (bicyclic) bond motifs is 1. The Labute approximate surface area is 212 Å². The van der Waals surface area contributed by atoms with Crippen LogP contribution in [0.3, 0.4) is 0 Å². The molecule has 36 heavy (non-hydrogen) atoms. The predicted octanol–water partition coefficient (Wildman–Crippen LogP) is 3.18. The lowest BCUT2D eigenvalue weighted by molar-refractivity contribution is 0.0610. The van der Waals surface area contributed by atoms with Crippen molar-refractivity contribution in [1.82, 2.24) is 19.9 Å². The van der Waals surface area contributed by atoms with Gasteiger partial charge in [-0.25, -0.2) is 4.98 Å². The van der Waals surface area contributed by atoms with Crippen LogP contribution < -0.4 is 15.8 Å². The number of nitrogens with one attached hydrogen (secondary N) is 1. The van der Waals surface area contributed by atoms with Gasteiger partial charge in [-0.1, -0.05) is 48.6 Å². The molecule has 0 bridgehead atoms. The molecule has 0 unspecified atom stereocenters. The number of aromatic nitrogens is 3. The molecule has 2 aliphatic rings. The normalized spacial score (nSPS) is 18.1. The van der Waals surface area contributed by atoms with Crippen molar-refractivity contribution in [2.24, 2.45) is 7.05 Å². The lowest BCUT2D eigenvalue weighted by atomic mass is 9.85. The van der Waals surface area contributed by atoms with Crippen molar-refractivity contribution in [3.8, 4) is 11.8 Å². The van der Waals surface area contributed by atoms with Crippen LogP contribution >= 0.6 is 0 Å². The molecule has 1 aliphatic heterocycles. The van der Waals surface area contributed by atoms with Crippen molar-refractivity contribution in [2.45, 2.75) is 63.0 Å². The molecule has 0 atom stereocenters. The molecule has 1 aliphatic carbocycles. The minimum Gasteiger partial charge on any atom is -0.378 e. The second kappa shape index (κ2) is 10.8. The summed E-state index contributed by atoms with van der Waals surface area (Å²) in [6.07, 6.45) is 9.32. The molecular formula is C29H35N5O2. The molecular weight excluding hydrogens is 450 g/mol. The van der Waals surface area contributed by atoms with Gasteiger partial charge in [-0.2, -0.15) is 4.98 Å². The van der Waals surface area contributed by atoms with Gasteiger partial charge in [0.2, 0.25) is 5.95 Å². The van der Waals surface area contributed by atoms with Crippen molar-refractivity contribution < 1.29 is 5.11 Å². The molecule has 5 rings (SSSR count). The molecule has 2 N–H and O–H groups in total. The molecule has 1 saturated carbocycles. The first-order valence-corrected chi connectivity index (χ1v) is 13.2. The summed E-state index contributed by atoms with van der Waals surface area (Å²) in [7, 11) is 1.73. The Balaban J connectivity index is 1.27. The summed E-state index contributed by atoms with van der Waals surface area (Å²) < 4.78 is 1.55. The number of hydrogen-bond donors (Lipinski definition) is 2. The van der Waals surface area contributed by atoms with E-state index in [1.165, 1.54) is 11.6 Å². The van der Waals surface area contributed by atoms with Crippen molar-refractivity contribution >= 4 is 17.0 Å². The highest BCUT2D eigenvalue weighted by molar-refractivity contribution is 5.82. The Morgan fingerprint density at radius 3 is 2.64 bits per heavy atom. The van der Waals surface area contributed by atoms with Crippen LogP contribution in [0, 0.1) is 11.8 Å². The molecule has 0 radical (unpaired) electrons. The Bertz CT molecular complexity index is 1310. The van der Waals surface area contributed by atoms with Gasteiger partial charge < -0.3 is 15.3 Å². The number of aryl methyl sites for hydroxylation is 1. The summed E-state index contributed by atoms with van der Waals surface area (Å²) in [6.45, 7) is 2.71. The zero-order valence-corrected chi connectivity index (χ0v) is 21.0. The number of aliphatic hydroxyl groups is 1. The first-order chi connectivity index (χ1) is 17.5. The minimum atomic E-state index is -0.966. The van der Waals surface area contributed by atoms with E-state index in [1.807, 2.05) is 0 Å². The van der Waals surface area contributed by atoms with E-state index < -0.39 is 5.60 Å². The molecule has 2 aromatic heterocycles. The van der Waals surface area contributed by atoms with Crippen LogP contribution in [0.1, 0.15) is 56.1 Å². The minimum absolute atomic E-state index is 0.159. The van der Waals surface area contributed by atoms with Gasteiger partial charge in [0.15, 0.2) is 0 Å². The largest absolute Gasteiger partial charge is 0.378 e. The molecule has 0 amide bonds. The van der Waals surface area contributed by atoms with Crippen LogP contribution in [0.2, 0.25) is 0 Å². The summed E-state index contributed by atoms with van der Waals surface area (Å²) >= 11 is 0. The Morgan fingerprint density at radius 2 is 1.89 bits per heavy atom. The van der Waals surface area contributed by atoms with Crippen LogP contribution in [0.25, 0.3) is 11.0 Å². The molecule has 1 aromatic carbocycles. The van der Waals surface area contributed by atoms with Crippen molar-refractivity contribution in [2.75, 3.05) is 24.5 Å². The fourth-order valence-corrected chi connectivity index (χ4v) is 5.26. The topological polar surface area (TPSA) is 83.3 Å². The van der Waals surface area contributed by atoms with E-state index in [1.54, 1.807) is 17.8 Å². The summed E-state index contributed by atoms with van der Waals surface area (Å²) in [5.41, 5.74) is 1.39. The van der Waals surface area contributed by atoms with Crippen molar-refractivity contribution in [1.29, 1.82) is 0 Å². The maximum atomic E-state index is 12.7. The van der Waals surface area contributed by atoms with Gasteiger partial charge in [-0.05, 0) is 57.1 Å². The molecule has 2 fully saturated rings. The van der Waals surface area contributed by atoms with E-state index in [9.17, 15) is 9.90 Å². The highest BCUT2D eigenvalue weighted by Gasteiger charge is 2.27. The molecule has 7 nitrogen and oxygen atoms in total. The zero-order chi connectivity index (χ0) is 25.0. The molecule has 7 heteroatoms. The van der Waals surface area contributed by atoms with E-state index in [2.05, 4.69) is 57.4 Å². The number of hydrogen-bond acceptors (Lipinski definition) is 6. The van der Waals surface area contributed by atoms with E-state index in [-0.39, 0.29) is 5.56 Å². The number of piperidine rings is 1. The Kier molecular flexibility index (Phi) is 7.35. The quantitative estimate of drug-likeness (QED) is 0.540. The summed E-state index contributed by atoms with van der Waals surface area (Å²) in [5, 5.41) is 15.2. The fraction of sp³-hybridized carbons (Fsp3) is 0.483. The Morgan fingerprint density at radius 1 is 1.14 bits per heavy atom. The van der Waals surface area contributed by atoms with Crippen LogP contribution in [-0.2, 0) is 13.5 Å². The number of rotatable bonds is 5. The third-order valence-electron chi connectivity index (χ3n) is 7.54. The third kappa shape index (κ3) is 5.61. The van der Waals surface area contributed by atoms with Crippen LogP contribution in [-0.4, -0.2) is 50.9 Å². The zero-order valence-electron chi connectivity index (χ0n) is 21.0. The van der Waals surface area contributed by atoms with E-state index >= 15 is 0 Å². The second-order valence-electron chi connectivity index (χ2n) is 10.2. The molecule has 3 aromatic rings. The monoisotopic (exact) mass is 485 g/mol. The van der Waals surface area contributed by atoms with Crippen LogP contribution in [0.4, 0.5) is 5.95 Å². The van der Waals surface area contributed by atoms with E-state index in [4.69, 9.17) is 4.98 Å². The highest BCUT2D eigenvalue weighted by atomic mass is 16.3. The van der Waals surface area contributed by atoms with Crippen molar-refractivity contribution in [3.05, 3.63) is 64.1 Å². The number of anilines is 1. The second-order valence-corrected chi connectivity index (χ2v) is 10.2. The first-order valence-electron chi connectivity index (χ1n) is 13.2. The number of benzene rings is 1. The number of pyridine rings is 1. The lowest BCUT2D eigenvalue weighted by Gasteiger charge is -2.32. The maximum absolute atomic E-state index is 12.7. The van der Waals surface area contributed by atoms with Gasteiger partial charge >= 0.3 is 0 Å². The van der Waals surface area contributed by atoms with Gasteiger partial charge in [0.05, 0.1) is 5.39 Å². The smallest absolute Gasteiger partial charge is 0.253 e. The van der Waals surface area contributed by atoms with Crippen LogP contribution in [0.5, 0.6) is 0 Å². The van der Waals surface area contributed by atoms with Gasteiger partial charge in [0.1, 0.15) is 11.2 Å².